The normalized spacial score (nSPS) is 31.9. The lowest BCUT2D eigenvalue weighted by atomic mass is 9.92. The van der Waals surface area contributed by atoms with Crippen LogP contribution in [-0.2, 0) is 4.79 Å². The van der Waals surface area contributed by atoms with Gasteiger partial charge in [-0.05, 0) is 32.7 Å². The minimum absolute atomic E-state index is 0.215. The zero-order chi connectivity index (χ0) is 13.9. The molecule has 0 aromatic rings. The van der Waals surface area contributed by atoms with Crippen LogP contribution >= 0.6 is 0 Å². The van der Waals surface area contributed by atoms with Gasteiger partial charge in [0.15, 0.2) is 6.54 Å². The fourth-order valence-corrected chi connectivity index (χ4v) is 3.09. The Kier molecular flexibility index (Phi) is 4.81. The molecule has 1 saturated carbocycles. The highest BCUT2D eigenvalue weighted by Gasteiger charge is 2.30. The Bertz CT molecular complexity index is 305. The molecule has 5 nitrogen and oxygen atoms in total. The average Bonchev–Trinajstić information content (AvgIpc) is 2.36. The van der Waals surface area contributed by atoms with Gasteiger partial charge in [-0.2, -0.15) is 0 Å². The zero-order valence-corrected chi connectivity index (χ0v) is 12.4. The first kappa shape index (κ1) is 14.8. The first-order chi connectivity index (χ1) is 8.97. The van der Waals surface area contributed by atoms with Crippen molar-refractivity contribution >= 4 is 5.91 Å². The fourth-order valence-electron chi connectivity index (χ4n) is 3.09. The van der Waals surface area contributed by atoms with Crippen LogP contribution in [0.3, 0.4) is 0 Å². The van der Waals surface area contributed by atoms with Crippen molar-refractivity contribution in [2.75, 3.05) is 46.8 Å². The molecular formula is C14H29N4O+. The van der Waals surface area contributed by atoms with Gasteiger partial charge >= 0.3 is 0 Å². The smallest absolute Gasteiger partial charge is 0.275 e. The summed E-state index contributed by atoms with van der Waals surface area (Å²) in [4.78, 5) is 14.5. The highest BCUT2D eigenvalue weighted by molar-refractivity contribution is 5.77. The third-order valence-corrected chi connectivity index (χ3v) is 4.71. The topological polar surface area (TPSA) is 58.4 Å². The maximum atomic E-state index is 12.2. The van der Waals surface area contributed by atoms with Crippen LogP contribution < -0.4 is 11.1 Å². The number of hydrogen-bond donors (Lipinski definition) is 2. The Morgan fingerprint density at radius 3 is 2.42 bits per heavy atom. The predicted molar refractivity (Wildman–Crippen MR) is 76.7 cm³/mol. The van der Waals surface area contributed by atoms with Crippen molar-refractivity contribution in [3.63, 3.8) is 0 Å². The molecular weight excluding hydrogens is 240 g/mol. The van der Waals surface area contributed by atoms with Crippen molar-refractivity contribution in [2.45, 2.75) is 37.8 Å². The summed E-state index contributed by atoms with van der Waals surface area (Å²) in [6.07, 6.45) is 4.17. The summed E-state index contributed by atoms with van der Waals surface area (Å²) in [5, 5.41) is 3.20. The van der Waals surface area contributed by atoms with Gasteiger partial charge in [0.25, 0.3) is 5.91 Å². The summed E-state index contributed by atoms with van der Waals surface area (Å²) in [6.45, 7) is 4.93. The number of nitrogens with zero attached hydrogens (tertiary/aromatic N) is 2. The maximum absolute atomic E-state index is 12.2. The quantitative estimate of drug-likeness (QED) is 0.696. The molecule has 2 aliphatic rings. The number of nitrogens with two attached hydrogens (primary N) is 1. The van der Waals surface area contributed by atoms with Gasteiger partial charge in [0.2, 0.25) is 0 Å². The number of carbonyl (C=O) groups is 1. The monoisotopic (exact) mass is 269 g/mol. The van der Waals surface area contributed by atoms with E-state index in [1.807, 2.05) is 0 Å². The molecule has 0 atom stereocenters. The second-order valence-electron chi connectivity index (χ2n) is 6.71. The van der Waals surface area contributed by atoms with E-state index in [4.69, 9.17) is 5.73 Å². The van der Waals surface area contributed by atoms with E-state index in [0.717, 1.165) is 56.3 Å². The van der Waals surface area contributed by atoms with E-state index >= 15 is 0 Å². The first-order valence-corrected chi connectivity index (χ1v) is 7.54. The number of piperazine rings is 1. The van der Waals surface area contributed by atoms with Crippen LogP contribution in [0.25, 0.3) is 0 Å². The zero-order valence-electron chi connectivity index (χ0n) is 12.4. The van der Waals surface area contributed by atoms with Crippen molar-refractivity contribution in [1.29, 1.82) is 0 Å². The van der Waals surface area contributed by atoms with E-state index in [1.54, 1.807) is 0 Å². The van der Waals surface area contributed by atoms with Crippen molar-refractivity contribution in [3.05, 3.63) is 0 Å². The molecule has 1 saturated heterocycles. The number of likely N-dealkylation sites (N-methyl/N-ethyl adjacent to an activating group) is 2. The van der Waals surface area contributed by atoms with E-state index in [0.29, 0.717) is 18.6 Å². The van der Waals surface area contributed by atoms with E-state index in [-0.39, 0.29) is 5.91 Å². The molecule has 0 spiro atoms. The van der Waals surface area contributed by atoms with Gasteiger partial charge in [0.1, 0.15) is 0 Å². The van der Waals surface area contributed by atoms with Gasteiger partial charge in [-0.1, -0.05) is 0 Å². The third kappa shape index (κ3) is 4.44. The number of carbonyl (C=O) groups excluding carboxylic acids is 1. The van der Waals surface area contributed by atoms with Crippen LogP contribution in [0.5, 0.6) is 0 Å². The van der Waals surface area contributed by atoms with E-state index in [9.17, 15) is 4.79 Å². The molecule has 110 valence electrons. The molecule has 1 aliphatic carbocycles. The summed E-state index contributed by atoms with van der Waals surface area (Å²) in [5.74, 6) is 0.215. The summed E-state index contributed by atoms with van der Waals surface area (Å²) in [6, 6.07) is 0.696. The van der Waals surface area contributed by atoms with Gasteiger partial charge in [-0.25, -0.2) is 0 Å². The van der Waals surface area contributed by atoms with Crippen molar-refractivity contribution < 1.29 is 9.28 Å². The molecule has 0 aromatic heterocycles. The molecule has 1 aliphatic heterocycles. The van der Waals surface area contributed by atoms with Gasteiger partial charge in [-0.3, -0.25) is 9.69 Å². The van der Waals surface area contributed by atoms with Crippen LogP contribution in [0.1, 0.15) is 25.7 Å². The predicted octanol–water partition coefficient (Wildman–Crippen LogP) is -0.235. The van der Waals surface area contributed by atoms with Gasteiger partial charge < -0.3 is 15.5 Å². The summed E-state index contributed by atoms with van der Waals surface area (Å²) in [7, 11) is 4.35. The molecule has 0 radical (unpaired) electrons. The summed E-state index contributed by atoms with van der Waals surface area (Å²) in [5.41, 5.74) is 5.89. The first-order valence-electron chi connectivity index (χ1n) is 7.54. The summed E-state index contributed by atoms with van der Waals surface area (Å²) >= 11 is 0. The van der Waals surface area contributed by atoms with E-state index < -0.39 is 0 Å². The SMILES string of the molecule is CN1CC[N+](C)(CC(=O)N[C@H]2CC[C@H](N)CC2)CC1. The van der Waals surface area contributed by atoms with E-state index in [1.165, 1.54) is 0 Å². The fraction of sp³-hybridized carbons (Fsp3) is 0.929. The van der Waals surface area contributed by atoms with Crippen LogP contribution in [0, 0.1) is 0 Å². The minimum atomic E-state index is 0.215. The lowest BCUT2D eigenvalue weighted by molar-refractivity contribution is -0.906. The Morgan fingerprint density at radius 1 is 1.26 bits per heavy atom. The van der Waals surface area contributed by atoms with Crippen LogP contribution in [0.15, 0.2) is 0 Å². The lowest BCUT2D eigenvalue weighted by Crippen LogP contribution is -2.60. The standard InChI is InChI=1S/C14H28N4O/c1-17-7-9-18(2,10-8-17)11-14(19)16-13-5-3-12(15)4-6-13/h12-13H,3-11,15H2,1-2H3/p+1/t12-,13-. The van der Waals surface area contributed by atoms with Gasteiger partial charge in [-0.15, -0.1) is 0 Å². The highest BCUT2D eigenvalue weighted by Crippen LogP contribution is 2.17. The van der Waals surface area contributed by atoms with Crippen molar-refractivity contribution in [2.24, 2.45) is 5.73 Å². The largest absolute Gasteiger partial charge is 0.348 e. The number of amides is 1. The molecule has 2 rings (SSSR count). The molecule has 5 heteroatoms. The van der Waals surface area contributed by atoms with Crippen LogP contribution in [0.2, 0.25) is 0 Å². The molecule has 2 fully saturated rings. The van der Waals surface area contributed by atoms with Gasteiger partial charge in [0, 0.05) is 25.2 Å². The molecule has 0 bridgehead atoms. The molecule has 1 amide bonds. The Balaban J connectivity index is 1.74. The molecule has 1 heterocycles. The minimum Gasteiger partial charge on any atom is -0.348 e. The maximum Gasteiger partial charge on any atom is 0.275 e. The average molecular weight is 269 g/mol. The van der Waals surface area contributed by atoms with Gasteiger partial charge in [0.05, 0.1) is 20.1 Å². The molecule has 0 unspecified atom stereocenters. The number of quaternary nitrogens is 1. The summed E-state index contributed by atoms with van der Waals surface area (Å²) < 4.78 is 0.877. The highest BCUT2D eigenvalue weighted by atomic mass is 16.2. The molecule has 19 heavy (non-hydrogen) atoms. The number of rotatable bonds is 3. The second-order valence-corrected chi connectivity index (χ2v) is 6.71. The number of nitrogens with one attached hydrogen (secondary N) is 1. The van der Waals surface area contributed by atoms with Crippen LogP contribution in [0.4, 0.5) is 0 Å². The second kappa shape index (κ2) is 6.20. The number of hydrogen-bond acceptors (Lipinski definition) is 3. The van der Waals surface area contributed by atoms with Crippen molar-refractivity contribution in [3.8, 4) is 0 Å². The molecule has 3 N–H and O–H groups in total. The Morgan fingerprint density at radius 2 is 1.84 bits per heavy atom. The third-order valence-electron chi connectivity index (χ3n) is 4.71. The lowest BCUT2D eigenvalue weighted by Gasteiger charge is -2.40. The molecule has 0 aromatic carbocycles. The Hall–Kier alpha value is -0.650. The van der Waals surface area contributed by atoms with E-state index in [2.05, 4.69) is 24.3 Å². The Labute approximate surface area is 116 Å². The van der Waals surface area contributed by atoms with Crippen LogP contribution in [-0.4, -0.2) is 74.2 Å². The van der Waals surface area contributed by atoms with Crippen molar-refractivity contribution in [1.82, 2.24) is 10.2 Å².